The monoisotopic (exact) mass is 475 g/mol. The topological polar surface area (TPSA) is 115 Å². The van der Waals surface area contributed by atoms with E-state index in [9.17, 15) is 9.59 Å². The highest BCUT2D eigenvalue weighted by Gasteiger charge is 2.23. The van der Waals surface area contributed by atoms with E-state index in [2.05, 4.69) is 25.8 Å². The molecular formula is C22H33N7O3S. The predicted molar refractivity (Wildman–Crippen MR) is 125 cm³/mol. The Bertz CT molecular complexity index is 895. The molecule has 2 aromatic rings. The summed E-state index contributed by atoms with van der Waals surface area (Å²) in [5.74, 6) is 0.163. The summed E-state index contributed by atoms with van der Waals surface area (Å²) in [6.45, 7) is 6.84. The third-order valence-corrected chi connectivity index (χ3v) is 6.07. The maximum absolute atomic E-state index is 12.6. The molecule has 2 amide bonds. The van der Waals surface area contributed by atoms with Gasteiger partial charge in [0, 0.05) is 25.5 Å². The van der Waals surface area contributed by atoms with Gasteiger partial charge in [-0.25, -0.2) is 9.48 Å². The Balaban J connectivity index is 1.43. The largest absolute Gasteiger partial charge is 0.444 e. The highest BCUT2D eigenvalue weighted by Crippen LogP contribution is 2.31. The first-order valence-electron chi connectivity index (χ1n) is 11.4. The van der Waals surface area contributed by atoms with E-state index in [0.29, 0.717) is 37.3 Å². The first-order chi connectivity index (χ1) is 15.8. The fourth-order valence-corrected chi connectivity index (χ4v) is 4.39. The van der Waals surface area contributed by atoms with Crippen molar-refractivity contribution >= 4 is 23.8 Å². The molecule has 1 N–H and O–H groups in total. The zero-order valence-electron chi connectivity index (χ0n) is 19.6. The SMILES string of the molecule is CC(C)(C)OC(=O)N(CCCNC(=O)CSc1nnnn1C1CCCC1)Cc1cccnc1. The molecule has 0 atom stereocenters. The molecule has 1 saturated carbocycles. The van der Waals surface area contributed by atoms with Crippen LogP contribution in [0.15, 0.2) is 29.7 Å². The van der Waals surface area contributed by atoms with Gasteiger partial charge < -0.3 is 15.0 Å². The number of hydrogen-bond donors (Lipinski definition) is 1. The van der Waals surface area contributed by atoms with Crippen LogP contribution < -0.4 is 5.32 Å². The van der Waals surface area contributed by atoms with Gasteiger partial charge in [0.2, 0.25) is 11.1 Å². The maximum Gasteiger partial charge on any atom is 0.410 e. The molecule has 3 rings (SSSR count). The highest BCUT2D eigenvalue weighted by atomic mass is 32.2. The first-order valence-corrected chi connectivity index (χ1v) is 12.3. The van der Waals surface area contributed by atoms with Crippen molar-refractivity contribution in [3.63, 3.8) is 0 Å². The van der Waals surface area contributed by atoms with Crippen molar-refractivity contribution in [1.29, 1.82) is 0 Å². The average molecular weight is 476 g/mol. The van der Waals surface area contributed by atoms with Crippen LogP contribution in [0.4, 0.5) is 4.79 Å². The number of aromatic nitrogens is 5. The molecule has 0 unspecified atom stereocenters. The van der Waals surface area contributed by atoms with Gasteiger partial charge in [-0.1, -0.05) is 30.7 Å². The van der Waals surface area contributed by atoms with Gasteiger partial charge in [-0.05, 0) is 62.1 Å². The van der Waals surface area contributed by atoms with E-state index >= 15 is 0 Å². The van der Waals surface area contributed by atoms with Crippen LogP contribution in [0.3, 0.4) is 0 Å². The van der Waals surface area contributed by atoms with Crippen LogP contribution in [-0.2, 0) is 16.1 Å². The standard InChI is InChI=1S/C22H33N7O3S/c1-22(2,3)32-21(31)28(15-17-8-6-11-23-14-17)13-7-12-24-19(30)16-33-20-25-26-27-29(20)18-9-4-5-10-18/h6,8,11,14,18H,4-5,7,9-10,12-13,15-16H2,1-3H3,(H,24,30). The van der Waals surface area contributed by atoms with Crippen LogP contribution in [0.1, 0.15) is 64.5 Å². The van der Waals surface area contributed by atoms with Gasteiger partial charge in [-0.15, -0.1) is 5.10 Å². The minimum Gasteiger partial charge on any atom is -0.444 e. The molecule has 2 aromatic heterocycles. The number of ether oxygens (including phenoxy) is 1. The Morgan fingerprint density at radius 3 is 2.79 bits per heavy atom. The van der Waals surface area contributed by atoms with Gasteiger partial charge in [0.25, 0.3) is 0 Å². The fourth-order valence-electron chi connectivity index (χ4n) is 3.61. The van der Waals surface area contributed by atoms with Crippen LogP contribution in [0, 0.1) is 0 Å². The normalized spacial score (nSPS) is 14.3. The minimum absolute atomic E-state index is 0.0861. The molecule has 0 aromatic carbocycles. The Hall–Kier alpha value is -2.69. The number of hydrogen-bond acceptors (Lipinski definition) is 8. The Kier molecular flexibility index (Phi) is 9.04. The molecule has 1 fully saturated rings. The number of pyridine rings is 1. The van der Waals surface area contributed by atoms with E-state index < -0.39 is 5.60 Å². The van der Waals surface area contributed by atoms with E-state index in [1.165, 1.54) is 24.6 Å². The fraction of sp³-hybridized carbons (Fsp3) is 0.636. The van der Waals surface area contributed by atoms with Crippen LogP contribution >= 0.6 is 11.8 Å². The smallest absolute Gasteiger partial charge is 0.410 e. The van der Waals surface area contributed by atoms with Crippen LogP contribution in [0.2, 0.25) is 0 Å². The number of nitrogens with one attached hydrogen (secondary N) is 1. The number of nitrogens with zero attached hydrogens (tertiary/aromatic N) is 6. The second kappa shape index (κ2) is 12.0. The summed E-state index contributed by atoms with van der Waals surface area (Å²) in [5.41, 5.74) is 0.340. The van der Waals surface area contributed by atoms with Crippen molar-refractivity contribution in [3.8, 4) is 0 Å². The van der Waals surface area contributed by atoms with E-state index in [-0.39, 0.29) is 17.8 Å². The van der Waals surface area contributed by atoms with Crippen molar-refractivity contribution in [1.82, 2.24) is 35.4 Å². The molecular weight excluding hydrogens is 442 g/mol. The average Bonchev–Trinajstić information content (AvgIpc) is 3.45. The highest BCUT2D eigenvalue weighted by molar-refractivity contribution is 7.99. The molecule has 1 aliphatic rings. The first kappa shape index (κ1) is 24.9. The molecule has 0 radical (unpaired) electrons. The third-order valence-electron chi connectivity index (χ3n) is 5.14. The number of amides is 2. The lowest BCUT2D eigenvalue weighted by atomic mass is 10.2. The third kappa shape index (κ3) is 8.30. The molecule has 11 heteroatoms. The molecule has 180 valence electrons. The second-order valence-corrected chi connectivity index (χ2v) is 10.0. The Morgan fingerprint density at radius 1 is 1.30 bits per heavy atom. The summed E-state index contributed by atoms with van der Waals surface area (Å²) in [4.78, 5) is 30.7. The van der Waals surface area contributed by atoms with Crippen molar-refractivity contribution in [2.75, 3.05) is 18.8 Å². The van der Waals surface area contributed by atoms with E-state index in [0.717, 1.165) is 18.4 Å². The van der Waals surface area contributed by atoms with Crippen molar-refractivity contribution in [3.05, 3.63) is 30.1 Å². The molecule has 33 heavy (non-hydrogen) atoms. The van der Waals surface area contributed by atoms with Gasteiger partial charge in [0.05, 0.1) is 18.3 Å². The molecule has 0 aliphatic heterocycles. The minimum atomic E-state index is -0.580. The van der Waals surface area contributed by atoms with Crippen LogP contribution in [0.25, 0.3) is 0 Å². The number of thioether (sulfide) groups is 1. The van der Waals surface area contributed by atoms with Gasteiger partial charge in [0.15, 0.2) is 0 Å². The van der Waals surface area contributed by atoms with E-state index in [1.54, 1.807) is 17.3 Å². The zero-order valence-corrected chi connectivity index (χ0v) is 20.4. The molecule has 0 bridgehead atoms. The second-order valence-electron chi connectivity index (χ2n) is 9.10. The summed E-state index contributed by atoms with van der Waals surface area (Å²) in [7, 11) is 0. The number of carbonyl (C=O) groups excluding carboxylic acids is 2. The summed E-state index contributed by atoms with van der Waals surface area (Å²) in [6.07, 6.45) is 8.20. The van der Waals surface area contributed by atoms with Gasteiger partial charge in [-0.2, -0.15) is 0 Å². The van der Waals surface area contributed by atoms with E-state index in [4.69, 9.17) is 4.74 Å². The molecule has 1 aliphatic carbocycles. The van der Waals surface area contributed by atoms with Crippen molar-refractivity contribution in [2.45, 2.75) is 76.2 Å². The van der Waals surface area contributed by atoms with Crippen LogP contribution in [-0.4, -0.2) is 66.5 Å². The summed E-state index contributed by atoms with van der Waals surface area (Å²) in [6, 6.07) is 4.09. The number of rotatable bonds is 10. The van der Waals surface area contributed by atoms with Gasteiger partial charge >= 0.3 is 6.09 Å². The summed E-state index contributed by atoms with van der Waals surface area (Å²) < 4.78 is 7.39. The quantitative estimate of drug-likeness (QED) is 0.411. The molecule has 0 saturated heterocycles. The summed E-state index contributed by atoms with van der Waals surface area (Å²) in [5, 5.41) is 15.5. The van der Waals surface area contributed by atoms with E-state index in [1.807, 2.05) is 37.6 Å². The molecule has 2 heterocycles. The lowest BCUT2D eigenvalue weighted by Gasteiger charge is -2.27. The van der Waals surface area contributed by atoms with Gasteiger partial charge in [0.1, 0.15) is 5.60 Å². The van der Waals surface area contributed by atoms with Crippen molar-refractivity contribution in [2.24, 2.45) is 0 Å². The maximum atomic E-state index is 12.6. The molecule has 0 spiro atoms. The lowest BCUT2D eigenvalue weighted by Crippen LogP contribution is -2.38. The Labute approximate surface area is 198 Å². The lowest BCUT2D eigenvalue weighted by molar-refractivity contribution is -0.118. The van der Waals surface area contributed by atoms with Crippen LogP contribution in [0.5, 0.6) is 0 Å². The van der Waals surface area contributed by atoms with Crippen molar-refractivity contribution < 1.29 is 14.3 Å². The Morgan fingerprint density at radius 2 is 2.09 bits per heavy atom. The number of carbonyl (C=O) groups is 2. The number of tetrazole rings is 1. The molecule has 10 nitrogen and oxygen atoms in total. The summed E-state index contributed by atoms with van der Waals surface area (Å²) >= 11 is 1.35. The predicted octanol–water partition coefficient (Wildman–Crippen LogP) is 3.22. The zero-order chi connectivity index (χ0) is 23.7. The van der Waals surface area contributed by atoms with Gasteiger partial charge in [-0.3, -0.25) is 9.78 Å².